The standard InChI is InChI=1S/C17H20F3N3O4S/c1-3-8-21-15(24)11-23(12-16(25)22-9-4-2)28(26,27)14-7-5-6-13(10-14)17(18,19)20/h3-7,10H,1-2,8-9,11-12H2,(H,21,24)(H,22,25). The Balaban J connectivity index is 3.21. The Bertz CT molecular complexity index is 812. The molecule has 1 aromatic rings. The van der Waals surface area contributed by atoms with E-state index in [0.29, 0.717) is 10.4 Å². The van der Waals surface area contributed by atoms with Gasteiger partial charge in [0.25, 0.3) is 0 Å². The molecule has 0 aliphatic carbocycles. The first-order chi connectivity index (χ1) is 13.0. The summed E-state index contributed by atoms with van der Waals surface area (Å²) in [4.78, 5) is 23.2. The van der Waals surface area contributed by atoms with Crippen molar-refractivity contribution in [3.8, 4) is 0 Å². The molecule has 0 aliphatic rings. The van der Waals surface area contributed by atoms with E-state index in [0.717, 1.165) is 18.2 Å². The molecule has 0 atom stereocenters. The number of alkyl halides is 3. The molecule has 1 rings (SSSR count). The van der Waals surface area contributed by atoms with E-state index in [1.165, 1.54) is 12.2 Å². The molecule has 0 heterocycles. The Morgan fingerprint density at radius 3 is 1.96 bits per heavy atom. The Hall–Kier alpha value is -2.66. The zero-order chi connectivity index (χ0) is 21.4. The van der Waals surface area contributed by atoms with Gasteiger partial charge in [-0.15, -0.1) is 13.2 Å². The van der Waals surface area contributed by atoms with Crippen molar-refractivity contribution < 1.29 is 31.2 Å². The molecule has 0 aromatic heterocycles. The number of halogens is 3. The van der Waals surface area contributed by atoms with E-state index < -0.39 is 51.6 Å². The zero-order valence-electron chi connectivity index (χ0n) is 14.8. The molecule has 0 saturated carbocycles. The molecule has 0 saturated heterocycles. The van der Waals surface area contributed by atoms with Crippen LogP contribution in [0.15, 0.2) is 54.5 Å². The van der Waals surface area contributed by atoms with Crippen molar-refractivity contribution in [3.63, 3.8) is 0 Å². The van der Waals surface area contributed by atoms with Crippen molar-refractivity contribution in [2.45, 2.75) is 11.1 Å². The second-order valence-electron chi connectivity index (χ2n) is 5.48. The van der Waals surface area contributed by atoms with E-state index in [9.17, 15) is 31.2 Å². The lowest BCUT2D eigenvalue weighted by atomic mass is 10.2. The minimum Gasteiger partial charge on any atom is -0.351 e. The molecular weight excluding hydrogens is 399 g/mol. The summed E-state index contributed by atoms with van der Waals surface area (Å²) >= 11 is 0. The van der Waals surface area contributed by atoms with Crippen LogP contribution in [0.25, 0.3) is 0 Å². The molecule has 28 heavy (non-hydrogen) atoms. The maximum Gasteiger partial charge on any atom is 0.416 e. The maximum absolute atomic E-state index is 12.9. The fraction of sp³-hybridized carbons (Fsp3) is 0.294. The van der Waals surface area contributed by atoms with Crippen LogP contribution in [0.3, 0.4) is 0 Å². The van der Waals surface area contributed by atoms with Gasteiger partial charge in [0.2, 0.25) is 21.8 Å². The minimum absolute atomic E-state index is 0.0545. The van der Waals surface area contributed by atoms with Crippen LogP contribution >= 0.6 is 0 Å². The van der Waals surface area contributed by atoms with Gasteiger partial charge < -0.3 is 10.6 Å². The third-order valence-corrected chi connectivity index (χ3v) is 5.11. The zero-order valence-corrected chi connectivity index (χ0v) is 15.6. The van der Waals surface area contributed by atoms with E-state index >= 15 is 0 Å². The molecule has 0 aliphatic heterocycles. The van der Waals surface area contributed by atoms with E-state index in [4.69, 9.17) is 0 Å². The van der Waals surface area contributed by atoms with E-state index in [2.05, 4.69) is 23.8 Å². The van der Waals surface area contributed by atoms with Gasteiger partial charge in [0, 0.05) is 13.1 Å². The van der Waals surface area contributed by atoms with Crippen LogP contribution in [0.2, 0.25) is 0 Å². The molecule has 0 radical (unpaired) electrons. The van der Waals surface area contributed by atoms with Gasteiger partial charge in [0.05, 0.1) is 23.5 Å². The quantitative estimate of drug-likeness (QED) is 0.559. The number of nitrogens with one attached hydrogen (secondary N) is 2. The number of hydrogen-bond donors (Lipinski definition) is 2. The van der Waals surface area contributed by atoms with Gasteiger partial charge in [0.15, 0.2) is 0 Å². The normalized spacial score (nSPS) is 11.7. The first kappa shape index (κ1) is 23.4. The Kier molecular flexibility index (Phi) is 8.38. The van der Waals surface area contributed by atoms with E-state index in [1.807, 2.05) is 0 Å². The molecule has 11 heteroatoms. The number of amides is 2. The number of hydrogen-bond acceptors (Lipinski definition) is 4. The molecular formula is C17H20F3N3O4S. The molecule has 2 N–H and O–H groups in total. The van der Waals surface area contributed by atoms with Crippen LogP contribution in [0, 0.1) is 0 Å². The van der Waals surface area contributed by atoms with Crippen molar-refractivity contribution in [1.82, 2.24) is 14.9 Å². The lowest BCUT2D eigenvalue weighted by Gasteiger charge is -2.21. The molecule has 0 spiro atoms. The largest absolute Gasteiger partial charge is 0.416 e. The highest BCUT2D eigenvalue weighted by atomic mass is 32.2. The van der Waals surface area contributed by atoms with Crippen LogP contribution in [0.1, 0.15) is 5.56 Å². The van der Waals surface area contributed by atoms with Gasteiger partial charge >= 0.3 is 6.18 Å². The molecule has 1 aromatic carbocycles. The molecule has 0 unspecified atom stereocenters. The number of benzene rings is 1. The molecule has 0 bridgehead atoms. The van der Waals surface area contributed by atoms with Crippen molar-refractivity contribution in [2.75, 3.05) is 26.2 Å². The SMILES string of the molecule is C=CCNC(=O)CN(CC(=O)NCC=C)S(=O)(=O)c1cccc(C(F)(F)F)c1. The van der Waals surface area contributed by atoms with Gasteiger partial charge in [-0.3, -0.25) is 9.59 Å². The molecule has 154 valence electrons. The van der Waals surface area contributed by atoms with Crippen LogP contribution in [0.4, 0.5) is 13.2 Å². The first-order valence-electron chi connectivity index (χ1n) is 7.95. The Labute approximate surface area is 161 Å². The van der Waals surface area contributed by atoms with E-state index in [-0.39, 0.29) is 13.1 Å². The monoisotopic (exact) mass is 419 g/mol. The van der Waals surface area contributed by atoms with Gasteiger partial charge in [-0.25, -0.2) is 8.42 Å². The summed E-state index contributed by atoms with van der Waals surface area (Å²) in [6, 6.07) is 3.06. The van der Waals surface area contributed by atoms with Crippen LogP contribution < -0.4 is 10.6 Å². The highest BCUT2D eigenvalue weighted by Crippen LogP contribution is 2.31. The van der Waals surface area contributed by atoms with Gasteiger partial charge in [-0.1, -0.05) is 18.2 Å². The van der Waals surface area contributed by atoms with Crippen LogP contribution in [-0.2, 0) is 25.8 Å². The first-order valence-corrected chi connectivity index (χ1v) is 9.39. The van der Waals surface area contributed by atoms with Gasteiger partial charge in [-0.2, -0.15) is 17.5 Å². The summed E-state index contributed by atoms with van der Waals surface area (Å²) in [7, 11) is -4.56. The summed E-state index contributed by atoms with van der Waals surface area (Å²) in [5.41, 5.74) is -1.17. The lowest BCUT2D eigenvalue weighted by Crippen LogP contribution is -2.45. The van der Waals surface area contributed by atoms with Crippen molar-refractivity contribution in [1.29, 1.82) is 0 Å². The summed E-state index contributed by atoms with van der Waals surface area (Å²) in [5.74, 6) is -1.49. The fourth-order valence-electron chi connectivity index (χ4n) is 2.01. The molecule has 0 fully saturated rings. The third kappa shape index (κ3) is 6.82. The van der Waals surface area contributed by atoms with Gasteiger partial charge in [0.1, 0.15) is 0 Å². The smallest absolute Gasteiger partial charge is 0.351 e. The summed E-state index contributed by atoms with van der Waals surface area (Å²) < 4.78 is 64.8. The Morgan fingerprint density at radius 2 is 1.54 bits per heavy atom. The summed E-state index contributed by atoms with van der Waals surface area (Å²) in [5, 5.41) is 4.69. The molecule has 7 nitrogen and oxygen atoms in total. The van der Waals surface area contributed by atoms with E-state index in [1.54, 1.807) is 0 Å². The highest BCUT2D eigenvalue weighted by molar-refractivity contribution is 7.89. The number of sulfonamides is 1. The van der Waals surface area contributed by atoms with Crippen LogP contribution in [-0.4, -0.2) is 50.7 Å². The van der Waals surface area contributed by atoms with Crippen molar-refractivity contribution >= 4 is 21.8 Å². The van der Waals surface area contributed by atoms with Crippen LogP contribution in [0.5, 0.6) is 0 Å². The van der Waals surface area contributed by atoms with Gasteiger partial charge in [-0.05, 0) is 18.2 Å². The topological polar surface area (TPSA) is 95.6 Å². The third-order valence-electron chi connectivity index (χ3n) is 3.33. The minimum atomic E-state index is -4.75. The fourth-order valence-corrected chi connectivity index (χ4v) is 3.41. The highest BCUT2D eigenvalue weighted by Gasteiger charge is 2.34. The number of nitrogens with zero attached hydrogens (tertiary/aromatic N) is 1. The Morgan fingerprint density at radius 1 is 1.04 bits per heavy atom. The summed E-state index contributed by atoms with van der Waals surface area (Å²) in [6.45, 7) is 5.39. The van der Waals surface area contributed by atoms with Crippen molar-refractivity contribution in [3.05, 3.63) is 55.1 Å². The predicted octanol–water partition coefficient (Wildman–Crippen LogP) is 1.30. The average molecular weight is 419 g/mol. The van der Waals surface area contributed by atoms with Crippen molar-refractivity contribution in [2.24, 2.45) is 0 Å². The number of carbonyl (C=O) groups is 2. The predicted molar refractivity (Wildman–Crippen MR) is 96.6 cm³/mol. The number of rotatable bonds is 10. The second-order valence-corrected chi connectivity index (χ2v) is 7.42. The maximum atomic E-state index is 12.9. The second kappa shape index (κ2) is 10.0. The average Bonchev–Trinajstić information content (AvgIpc) is 2.63. The lowest BCUT2D eigenvalue weighted by molar-refractivity contribution is -0.137. The summed E-state index contributed by atoms with van der Waals surface area (Å²) in [6.07, 6.45) is -2.03. The number of carbonyl (C=O) groups excluding carboxylic acids is 2. The molecule has 2 amide bonds.